The van der Waals surface area contributed by atoms with Crippen molar-refractivity contribution >= 4 is 5.82 Å². The van der Waals surface area contributed by atoms with Crippen molar-refractivity contribution in [2.24, 2.45) is 0 Å². The largest absolute Gasteiger partial charge is 0.439 e. The van der Waals surface area contributed by atoms with Crippen LogP contribution in [-0.4, -0.2) is 16.5 Å². The molecule has 21 heavy (non-hydrogen) atoms. The van der Waals surface area contributed by atoms with Crippen LogP contribution in [0.1, 0.15) is 39.1 Å². The fourth-order valence-electron chi connectivity index (χ4n) is 2.15. The predicted molar refractivity (Wildman–Crippen MR) is 86.1 cm³/mol. The van der Waals surface area contributed by atoms with E-state index < -0.39 is 0 Å². The van der Waals surface area contributed by atoms with E-state index in [-0.39, 0.29) is 5.41 Å². The molecule has 0 unspecified atom stereocenters. The van der Waals surface area contributed by atoms with Crippen LogP contribution in [-0.2, 0) is 5.41 Å². The van der Waals surface area contributed by atoms with Gasteiger partial charge >= 0.3 is 0 Å². The Morgan fingerprint density at radius 1 is 1.14 bits per heavy atom. The third kappa shape index (κ3) is 3.94. The van der Waals surface area contributed by atoms with Crippen LogP contribution in [0.4, 0.5) is 5.82 Å². The van der Waals surface area contributed by atoms with Gasteiger partial charge in [0.25, 0.3) is 0 Å². The molecule has 1 heterocycles. The number of anilines is 1. The number of hydrogen-bond donors (Lipinski definition) is 1. The molecule has 0 aliphatic rings. The molecule has 0 aliphatic carbocycles. The standard InChI is InChI=1S/C17H23N3O/c1-6-18-15-11-16(20-12(2)19-15)21-14-10-8-7-9-13(14)17(3,4)5/h7-11H,6H2,1-5H3,(H,18,19,20). The molecule has 0 fully saturated rings. The molecule has 4 heteroatoms. The summed E-state index contributed by atoms with van der Waals surface area (Å²) in [6.45, 7) is 11.2. The van der Waals surface area contributed by atoms with Crippen molar-refractivity contribution in [3.05, 3.63) is 41.7 Å². The van der Waals surface area contributed by atoms with E-state index in [0.717, 1.165) is 23.7 Å². The van der Waals surface area contributed by atoms with Gasteiger partial charge in [0.05, 0.1) is 0 Å². The third-order valence-electron chi connectivity index (χ3n) is 3.08. The highest BCUT2D eigenvalue weighted by Gasteiger charge is 2.19. The van der Waals surface area contributed by atoms with E-state index in [1.54, 1.807) is 0 Å². The van der Waals surface area contributed by atoms with E-state index in [0.29, 0.717) is 11.7 Å². The second-order valence-corrected chi connectivity index (χ2v) is 6.02. The maximum atomic E-state index is 6.01. The summed E-state index contributed by atoms with van der Waals surface area (Å²) in [5.41, 5.74) is 1.18. The van der Waals surface area contributed by atoms with Crippen LogP contribution in [0.2, 0.25) is 0 Å². The second-order valence-electron chi connectivity index (χ2n) is 6.02. The summed E-state index contributed by atoms with van der Waals surface area (Å²) in [7, 11) is 0. The van der Waals surface area contributed by atoms with Crippen LogP contribution >= 0.6 is 0 Å². The molecule has 0 bridgehead atoms. The SMILES string of the molecule is CCNc1cc(Oc2ccccc2C(C)(C)C)nc(C)n1. The minimum atomic E-state index is 0.0170. The summed E-state index contributed by atoms with van der Waals surface area (Å²) in [6.07, 6.45) is 0. The molecule has 2 rings (SSSR count). The Kier molecular flexibility index (Phi) is 4.46. The number of aryl methyl sites for hydroxylation is 1. The first-order valence-electron chi connectivity index (χ1n) is 7.27. The van der Waals surface area contributed by atoms with Crippen molar-refractivity contribution in [3.8, 4) is 11.6 Å². The van der Waals surface area contributed by atoms with Crippen molar-refractivity contribution in [1.29, 1.82) is 0 Å². The Morgan fingerprint density at radius 3 is 2.52 bits per heavy atom. The number of nitrogens with zero attached hydrogens (tertiary/aromatic N) is 2. The second kappa shape index (κ2) is 6.12. The van der Waals surface area contributed by atoms with Crippen LogP contribution in [0.3, 0.4) is 0 Å². The number of hydrogen-bond acceptors (Lipinski definition) is 4. The minimum Gasteiger partial charge on any atom is -0.439 e. The summed E-state index contributed by atoms with van der Waals surface area (Å²) >= 11 is 0. The van der Waals surface area contributed by atoms with E-state index in [1.807, 2.05) is 38.1 Å². The van der Waals surface area contributed by atoms with E-state index in [1.165, 1.54) is 0 Å². The molecule has 1 aromatic carbocycles. The Hall–Kier alpha value is -2.10. The smallest absolute Gasteiger partial charge is 0.224 e. The van der Waals surface area contributed by atoms with Gasteiger partial charge in [-0.3, -0.25) is 0 Å². The van der Waals surface area contributed by atoms with Gasteiger partial charge in [0.1, 0.15) is 17.4 Å². The molecular formula is C17H23N3O. The summed E-state index contributed by atoms with van der Waals surface area (Å²) in [6, 6.07) is 9.90. The number of para-hydroxylation sites is 1. The Balaban J connectivity index is 2.35. The monoisotopic (exact) mass is 285 g/mol. The zero-order valence-corrected chi connectivity index (χ0v) is 13.4. The summed E-state index contributed by atoms with van der Waals surface area (Å²) in [5.74, 6) is 2.88. The molecular weight excluding hydrogens is 262 g/mol. The molecule has 1 N–H and O–H groups in total. The Morgan fingerprint density at radius 2 is 1.86 bits per heavy atom. The van der Waals surface area contributed by atoms with Gasteiger partial charge in [0, 0.05) is 18.2 Å². The number of ether oxygens (including phenoxy) is 1. The number of rotatable bonds is 4. The highest BCUT2D eigenvalue weighted by molar-refractivity contribution is 5.43. The molecule has 2 aromatic rings. The van der Waals surface area contributed by atoms with E-state index in [2.05, 4.69) is 42.1 Å². The van der Waals surface area contributed by atoms with Crippen LogP contribution in [0.5, 0.6) is 11.6 Å². The van der Waals surface area contributed by atoms with Crippen LogP contribution in [0, 0.1) is 6.92 Å². The van der Waals surface area contributed by atoms with Crippen LogP contribution < -0.4 is 10.1 Å². The van der Waals surface area contributed by atoms with Crippen molar-refractivity contribution in [2.45, 2.75) is 40.0 Å². The molecule has 0 atom stereocenters. The fraction of sp³-hybridized carbons (Fsp3) is 0.412. The van der Waals surface area contributed by atoms with Gasteiger partial charge in [0.15, 0.2) is 0 Å². The Bertz CT molecular complexity index is 618. The number of benzene rings is 1. The number of nitrogens with one attached hydrogen (secondary N) is 1. The van der Waals surface area contributed by atoms with Gasteiger partial charge in [-0.05, 0) is 25.3 Å². The first kappa shape index (κ1) is 15.3. The fourth-order valence-corrected chi connectivity index (χ4v) is 2.15. The maximum Gasteiger partial charge on any atom is 0.224 e. The molecule has 0 amide bonds. The average molecular weight is 285 g/mol. The summed E-state index contributed by atoms with van der Waals surface area (Å²) in [5, 5.41) is 3.19. The van der Waals surface area contributed by atoms with Gasteiger partial charge in [-0.15, -0.1) is 0 Å². The van der Waals surface area contributed by atoms with E-state index in [4.69, 9.17) is 4.74 Å². The Labute approximate surface area is 126 Å². The lowest BCUT2D eigenvalue weighted by Crippen LogP contribution is -2.12. The molecule has 0 saturated heterocycles. The minimum absolute atomic E-state index is 0.0170. The molecule has 0 spiro atoms. The maximum absolute atomic E-state index is 6.01. The molecule has 0 saturated carbocycles. The first-order valence-corrected chi connectivity index (χ1v) is 7.27. The lowest BCUT2D eigenvalue weighted by molar-refractivity contribution is 0.438. The summed E-state index contributed by atoms with van der Waals surface area (Å²) < 4.78 is 6.01. The summed E-state index contributed by atoms with van der Waals surface area (Å²) in [4.78, 5) is 8.70. The third-order valence-corrected chi connectivity index (χ3v) is 3.08. The lowest BCUT2D eigenvalue weighted by Gasteiger charge is -2.22. The molecule has 0 aliphatic heterocycles. The normalized spacial score (nSPS) is 11.3. The van der Waals surface area contributed by atoms with Crippen molar-refractivity contribution < 1.29 is 4.74 Å². The van der Waals surface area contributed by atoms with Crippen LogP contribution in [0.15, 0.2) is 30.3 Å². The predicted octanol–water partition coefficient (Wildman–Crippen LogP) is 4.31. The van der Waals surface area contributed by atoms with Crippen molar-refractivity contribution in [2.75, 3.05) is 11.9 Å². The van der Waals surface area contributed by atoms with Gasteiger partial charge < -0.3 is 10.1 Å². The lowest BCUT2D eigenvalue weighted by atomic mass is 9.86. The highest BCUT2D eigenvalue weighted by atomic mass is 16.5. The number of aromatic nitrogens is 2. The van der Waals surface area contributed by atoms with Gasteiger partial charge in [0.2, 0.25) is 5.88 Å². The molecule has 1 aromatic heterocycles. The van der Waals surface area contributed by atoms with Gasteiger partial charge in [-0.2, -0.15) is 4.98 Å². The van der Waals surface area contributed by atoms with Gasteiger partial charge in [-0.1, -0.05) is 39.0 Å². The highest BCUT2D eigenvalue weighted by Crippen LogP contribution is 2.33. The molecule has 112 valence electrons. The quantitative estimate of drug-likeness (QED) is 0.909. The van der Waals surface area contributed by atoms with E-state index >= 15 is 0 Å². The first-order chi connectivity index (χ1) is 9.90. The molecule has 4 nitrogen and oxygen atoms in total. The molecule has 0 radical (unpaired) electrons. The van der Waals surface area contributed by atoms with Crippen molar-refractivity contribution in [3.63, 3.8) is 0 Å². The zero-order chi connectivity index (χ0) is 15.5. The average Bonchev–Trinajstić information content (AvgIpc) is 2.37. The zero-order valence-electron chi connectivity index (χ0n) is 13.4. The van der Waals surface area contributed by atoms with Crippen molar-refractivity contribution in [1.82, 2.24) is 9.97 Å². The van der Waals surface area contributed by atoms with E-state index in [9.17, 15) is 0 Å². The van der Waals surface area contributed by atoms with Gasteiger partial charge in [-0.25, -0.2) is 4.98 Å². The van der Waals surface area contributed by atoms with Crippen LogP contribution in [0.25, 0.3) is 0 Å². The topological polar surface area (TPSA) is 47.0 Å².